The number of nitrogens with zero attached hydrogens (tertiary/aromatic N) is 3. The van der Waals surface area contributed by atoms with Crippen LogP contribution in [-0.2, 0) is 13.1 Å². The number of likely N-dealkylation sites (tertiary alicyclic amines) is 1. The molecule has 8 heteroatoms. The summed E-state index contributed by atoms with van der Waals surface area (Å²) in [4.78, 5) is 2.28. The number of hydrogen-bond acceptors (Lipinski definition) is 5. The Hall–Kier alpha value is -2.25. The monoisotopic (exact) mass is 503 g/mol. The molecule has 0 spiro atoms. The Morgan fingerprint density at radius 3 is 2.47 bits per heavy atom. The van der Waals surface area contributed by atoms with E-state index in [2.05, 4.69) is 22.1 Å². The molecule has 2 aromatic carbocycles. The van der Waals surface area contributed by atoms with Gasteiger partial charge in [0.2, 0.25) is 0 Å². The fourth-order valence-electron chi connectivity index (χ4n) is 4.33. The first-order valence-corrected chi connectivity index (χ1v) is 12.3. The first-order valence-electron chi connectivity index (χ1n) is 11.5. The van der Waals surface area contributed by atoms with Crippen LogP contribution >= 0.6 is 23.2 Å². The summed E-state index contributed by atoms with van der Waals surface area (Å²) in [5.41, 5.74) is 2.26. The lowest BCUT2D eigenvalue weighted by atomic mass is 9.93. The SMILES string of the molecule is Cc1cc(OCC2(O)CCCN(Cc3ccc(OCCn4cc(Cl)cn4)cc3)C2)cc(C)c1Cl. The molecular formula is C26H31Cl2N3O3. The van der Waals surface area contributed by atoms with Crippen LogP contribution in [0.15, 0.2) is 48.8 Å². The molecule has 1 aromatic heterocycles. The van der Waals surface area contributed by atoms with Crippen LogP contribution in [0.4, 0.5) is 0 Å². The van der Waals surface area contributed by atoms with Gasteiger partial charge < -0.3 is 14.6 Å². The Labute approximate surface area is 211 Å². The lowest BCUT2D eigenvalue weighted by Gasteiger charge is -2.39. The molecule has 1 saturated heterocycles. The number of aliphatic hydroxyl groups is 1. The van der Waals surface area contributed by atoms with Crippen LogP contribution in [0.2, 0.25) is 10.0 Å². The predicted molar refractivity (Wildman–Crippen MR) is 135 cm³/mol. The highest BCUT2D eigenvalue weighted by Crippen LogP contribution is 2.28. The largest absolute Gasteiger partial charge is 0.492 e. The molecule has 0 bridgehead atoms. The Morgan fingerprint density at radius 2 is 1.79 bits per heavy atom. The van der Waals surface area contributed by atoms with Gasteiger partial charge in [-0.2, -0.15) is 5.10 Å². The lowest BCUT2D eigenvalue weighted by Crippen LogP contribution is -2.51. The quantitative estimate of drug-likeness (QED) is 0.429. The van der Waals surface area contributed by atoms with Gasteiger partial charge in [0.25, 0.3) is 0 Å². The molecule has 1 aliphatic heterocycles. The van der Waals surface area contributed by atoms with Gasteiger partial charge in [-0.25, -0.2) is 0 Å². The van der Waals surface area contributed by atoms with Crippen molar-refractivity contribution in [1.29, 1.82) is 0 Å². The smallest absolute Gasteiger partial charge is 0.120 e. The van der Waals surface area contributed by atoms with E-state index < -0.39 is 5.60 Å². The van der Waals surface area contributed by atoms with Crippen LogP contribution in [0.3, 0.4) is 0 Å². The van der Waals surface area contributed by atoms with Crippen LogP contribution < -0.4 is 9.47 Å². The van der Waals surface area contributed by atoms with Crippen LogP contribution in [0, 0.1) is 13.8 Å². The van der Waals surface area contributed by atoms with Crippen molar-refractivity contribution in [2.45, 2.75) is 45.4 Å². The summed E-state index contributed by atoms with van der Waals surface area (Å²) in [6, 6.07) is 12.0. The van der Waals surface area contributed by atoms with E-state index in [1.807, 2.05) is 38.1 Å². The van der Waals surface area contributed by atoms with E-state index in [1.165, 1.54) is 5.56 Å². The minimum absolute atomic E-state index is 0.262. The summed E-state index contributed by atoms with van der Waals surface area (Å²) in [7, 11) is 0. The lowest BCUT2D eigenvalue weighted by molar-refractivity contribution is -0.0621. The Balaban J connectivity index is 1.26. The van der Waals surface area contributed by atoms with E-state index >= 15 is 0 Å². The van der Waals surface area contributed by atoms with E-state index in [9.17, 15) is 5.11 Å². The Kier molecular flexibility index (Phi) is 8.04. The number of hydrogen-bond donors (Lipinski definition) is 1. The number of aromatic nitrogens is 2. The number of ether oxygens (including phenoxy) is 2. The average molecular weight is 504 g/mol. The molecule has 0 saturated carbocycles. The van der Waals surface area contributed by atoms with Crippen molar-refractivity contribution >= 4 is 23.2 Å². The third-order valence-electron chi connectivity index (χ3n) is 6.07. The maximum Gasteiger partial charge on any atom is 0.120 e. The van der Waals surface area contributed by atoms with Crippen molar-refractivity contribution in [3.63, 3.8) is 0 Å². The maximum absolute atomic E-state index is 11.2. The van der Waals surface area contributed by atoms with E-state index in [0.29, 0.717) is 24.7 Å². The summed E-state index contributed by atoms with van der Waals surface area (Å²) >= 11 is 12.1. The molecule has 3 aromatic rings. The zero-order chi connectivity index (χ0) is 24.1. The van der Waals surface area contributed by atoms with Gasteiger partial charge in [0, 0.05) is 24.3 Å². The molecule has 0 radical (unpaired) electrons. The van der Waals surface area contributed by atoms with Gasteiger partial charge in [-0.3, -0.25) is 9.58 Å². The zero-order valence-electron chi connectivity index (χ0n) is 19.6. The van der Waals surface area contributed by atoms with Crippen molar-refractivity contribution in [3.05, 3.63) is 75.5 Å². The van der Waals surface area contributed by atoms with Gasteiger partial charge in [0.15, 0.2) is 0 Å². The summed E-state index contributed by atoms with van der Waals surface area (Å²) in [5, 5.41) is 16.7. The molecule has 1 fully saturated rings. The Morgan fingerprint density at radius 1 is 1.06 bits per heavy atom. The fraction of sp³-hybridized carbons (Fsp3) is 0.423. The van der Waals surface area contributed by atoms with Crippen LogP contribution in [0.25, 0.3) is 0 Å². The normalized spacial score (nSPS) is 18.7. The summed E-state index contributed by atoms with van der Waals surface area (Å²) in [6.45, 7) is 7.64. The zero-order valence-corrected chi connectivity index (χ0v) is 21.1. The molecule has 0 amide bonds. The molecule has 0 aliphatic carbocycles. The van der Waals surface area contributed by atoms with Gasteiger partial charge in [0.05, 0.1) is 17.8 Å². The number of piperidine rings is 1. The molecule has 182 valence electrons. The van der Waals surface area contributed by atoms with Crippen molar-refractivity contribution < 1.29 is 14.6 Å². The first-order chi connectivity index (χ1) is 16.3. The summed E-state index contributed by atoms with van der Waals surface area (Å²) in [6.07, 6.45) is 5.04. The van der Waals surface area contributed by atoms with Gasteiger partial charge in [-0.05, 0) is 74.2 Å². The maximum atomic E-state index is 11.2. The van der Waals surface area contributed by atoms with E-state index in [4.69, 9.17) is 32.7 Å². The van der Waals surface area contributed by atoms with Gasteiger partial charge in [-0.15, -0.1) is 0 Å². The van der Waals surface area contributed by atoms with Crippen LogP contribution in [-0.4, -0.2) is 51.7 Å². The molecule has 1 unspecified atom stereocenters. The average Bonchev–Trinajstić information content (AvgIpc) is 3.22. The summed E-state index contributed by atoms with van der Waals surface area (Å²) < 4.78 is 13.6. The predicted octanol–water partition coefficient (Wildman–Crippen LogP) is 5.29. The van der Waals surface area contributed by atoms with Gasteiger partial charge >= 0.3 is 0 Å². The minimum Gasteiger partial charge on any atom is -0.492 e. The second kappa shape index (κ2) is 11.0. The second-order valence-corrected chi connectivity index (χ2v) is 9.93. The molecule has 1 aliphatic rings. The van der Waals surface area contributed by atoms with E-state index in [-0.39, 0.29) is 6.61 Å². The highest BCUT2D eigenvalue weighted by atomic mass is 35.5. The molecule has 1 N–H and O–H groups in total. The highest BCUT2D eigenvalue weighted by Gasteiger charge is 2.34. The molecule has 6 nitrogen and oxygen atoms in total. The highest BCUT2D eigenvalue weighted by molar-refractivity contribution is 6.32. The fourth-order valence-corrected chi connectivity index (χ4v) is 4.60. The number of halogens is 2. The number of benzene rings is 2. The van der Waals surface area contributed by atoms with Crippen molar-refractivity contribution in [2.24, 2.45) is 0 Å². The van der Waals surface area contributed by atoms with Crippen molar-refractivity contribution in [2.75, 3.05) is 26.3 Å². The van der Waals surface area contributed by atoms with Crippen LogP contribution in [0.1, 0.15) is 29.5 Å². The Bertz CT molecular complexity index is 1080. The number of β-amino-alcohol motifs (C(OH)–C–C–N with tert-alkyl or cyclic N) is 1. The van der Waals surface area contributed by atoms with E-state index in [0.717, 1.165) is 53.6 Å². The van der Waals surface area contributed by atoms with Crippen molar-refractivity contribution in [1.82, 2.24) is 14.7 Å². The van der Waals surface area contributed by atoms with Crippen molar-refractivity contribution in [3.8, 4) is 11.5 Å². The summed E-state index contributed by atoms with van der Waals surface area (Å²) in [5.74, 6) is 1.57. The molecular weight excluding hydrogens is 473 g/mol. The topological polar surface area (TPSA) is 59.8 Å². The molecule has 1 atom stereocenters. The van der Waals surface area contributed by atoms with Gasteiger partial charge in [-0.1, -0.05) is 35.3 Å². The second-order valence-electron chi connectivity index (χ2n) is 9.11. The first kappa shape index (κ1) is 24.9. The number of rotatable bonds is 9. The third kappa shape index (κ3) is 6.66. The number of aryl methyl sites for hydroxylation is 2. The minimum atomic E-state index is -0.877. The molecule has 4 rings (SSSR count). The van der Waals surface area contributed by atoms with Gasteiger partial charge in [0.1, 0.15) is 30.3 Å². The molecule has 2 heterocycles. The third-order valence-corrected chi connectivity index (χ3v) is 6.86. The van der Waals surface area contributed by atoms with E-state index in [1.54, 1.807) is 17.1 Å². The van der Waals surface area contributed by atoms with Crippen LogP contribution in [0.5, 0.6) is 11.5 Å². The standard InChI is InChI=1S/C26H31Cl2N3O3/c1-19-12-24(13-20(2)25(19)28)34-18-26(32)8-3-9-30(17-26)15-21-4-6-23(7-5-21)33-11-10-31-16-22(27)14-29-31/h4-7,12-14,16,32H,3,8-11,15,17-18H2,1-2H3. The molecule has 34 heavy (non-hydrogen) atoms.